The van der Waals surface area contributed by atoms with Crippen LogP contribution in [0.2, 0.25) is 0 Å². The van der Waals surface area contributed by atoms with Crippen LogP contribution in [0.5, 0.6) is 0 Å². The molecule has 5 nitrogen and oxygen atoms in total. The maximum absolute atomic E-state index is 12.1. The molecule has 0 saturated heterocycles. The van der Waals surface area contributed by atoms with Gasteiger partial charge >= 0.3 is 0 Å². The van der Waals surface area contributed by atoms with Gasteiger partial charge in [0.15, 0.2) is 0 Å². The second kappa shape index (κ2) is 7.53. The molecule has 2 aromatic rings. The molecule has 1 amide bonds. The third-order valence-electron chi connectivity index (χ3n) is 3.00. The quantitative estimate of drug-likeness (QED) is 0.769. The number of hydrogen-bond acceptors (Lipinski definition) is 3. The molecule has 0 radical (unpaired) electrons. The Morgan fingerprint density at radius 3 is 2.55 bits per heavy atom. The lowest BCUT2D eigenvalue weighted by molar-refractivity contribution is 0.0943. The highest BCUT2D eigenvalue weighted by Gasteiger charge is 2.10. The number of halogens is 1. The molecule has 22 heavy (non-hydrogen) atoms. The number of nitrogens with one attached hydrogen (secondary N) is 1. The van der Waals surface area contributed by atoms with Crippen molar-refractivity contribution >= 4 is 28.5 Å². The lowest BCUT2D eigenvalue weighted by Gasteiger charge is -2.09. The van der Waals surface area contributed by atoms with Crippen LogP contribution in [0.25, 0.3) is 0 Å². The highest BCUT2D eigenvalue weighted by atomic mass is 127. The molecule has 2 rings (SSSR count). The van der Waals surface area contributed by atoms with E-state index in [0.717, 1.165) is 9.13 Å². The van der Waals surface area contributed by atoms with Crippen molar-refractivity contribution in [2.75, 3.05) is 0 Å². The smallest absolute Gasteiger partial charge is 0.271 e. The van der Waals surface area contributed by atoms with Crippen LogP contribution < -0.4 is 10.9 Å². The number of aromatic nitrogens is 2. The molecular formula is C16H18IN3O2. The van der Waals surface area contributed by atoms with Crippen LogP contribution in [0.1, 0.15) is 29.9 Å². The van der Waals surface area contributed by atoms with Gasteiger partial charge in [0.1, 0.15) is 5.69 Å². The van der Waals surface area contributed by atoms with Crippen molar-refractivity contribution in [3.63, 3.8) is 0 Å². The Morgan fingerprint density at radius 1 is 1.23 bits per heavy atom. The van der Waals surface area contributed by atoms with Crippen LogP contribution in [0.15, 0.2) is 41.2 Å². The minimum absolute atomic E-state index is 0.192. The number of carbonyl (C=O) groups is 1. The van der Waals surface area contributed by atoms with E-state index in [-0.39, 0.29) is 23.1 Å². The molecule has 1 N–H and O–H groups in total. The molecule has 0 bridgehead atoms. The molecule has 0 aliphatic carbocycles. The first-order valence-corrected chi connectivity index (χ1v) is 8.14. The number of rotatable bonds is 5. The lowest BCUT2D eigenvalue weighted by Crippen LogP contribution is -2.30. The highest BCUT2D eigenvalue weighted by Crippen LogP contribution is 2.06. The molecule has 0 unspecified atom stereocenters. The van der Waals surface area contributed by atoms with Crippen LogP contribution in [0, 0.1) is 9.49 Å². The van der Waals surface area contributed by atoms with Gasteiger partial charge in [-0.15, -0.1) is 0 Å². The maximum Gasteiger partial charge on any atom is 0.271 e. The fourth-order valence-corrected chi connectivity index (χ4v) is 2.28. The van der Waals surface area contributed by atoms with Crippen LogP contribution in [0.4, 0.5) is 0 Å². The van der Waals surface area contributed by atoms with Crippen molar-refractivity contribution in [1.29, 1.82) is 0 Å². The predicted octanol–water partition coefficient (Wildman–Crippen LogP) is 2.43. The normalized spacial score (nSPS) is 10.7. The molecule has 1 aromatic heterocycles. The molecule has 1 heterocycles. The first-order valence-electron chi connectivity index (χ1n) is 7.06. The summed E-state index contributed by atoms with van der Waals surface area (Å²) in [4.78, 5) is 23.9. The van der Waals surface area contributed by atoms with Crippen molar-refractivity contribution in [2.45, 2.75) is 26.9 Å². The molecule has 1 aromatic carbocycles. The zero-order chi connectivity index (χ0) is 16.1. The molecule has 6 heteroatoms. The van der Waals surface area contributed by atoms with E-state index in [2.05, 4.69) is 33.0 Å². The number of hydrogen-bond donors (Lipinski definition) is 1. The largest absolute Gasteiger partial charge is 0.347 e. The summed E-state index contributed by atoms with van der Waals surface area (Å²) in [5.41, 5.74) is 1.08. The fourth-order valence-electron chi connectivity index (χ4n) is 1.92. The lowest BCUT2D eigenvalue weighted by atomic mass is 10.2. The number of carbonyl (C=O) groups excluding carboxylic acids is 1. The SMILES string of the molecule is CC(C)Cn1nc(C(=O)NCc2ccc(I)cc2)ccc1=O. The van der Waals surface area contributed by atoms with Crippen LogP contribution in [0.3, 0.4) is 0 Å². The Morgan fingerprint density at radius 2 is 1.91 bits per heavy atom. The van der Waals surface area contributed by atoms with Crippen molar-refractivity contribution < 1.29 is 4.79 Å². The van der Waals surface area contributed by atoms with E-state index in [0.29, 0.717) is 13.1 Å². The summed E-state index contributed by atoms with van der Waals surface area (Å²) in [7, 11) is 0. The predicted molar refractivity (Wildman–Crippen MR) is 93.7 cm³/mol. The van der Waals surface area contributed by atoms with Crippen molar-refractivity contribution in [3.8, 4) is 0 Å². The van der Waals surface area contributed by atoms with Crippen LogP contribution in [-0.4, -0.2) is 15.7 Å². The molecule has 0 fully saturated rings. The molecule has 0 aliphatic rings. The van der Waals surface area contributed by atoms with Crippen molar-refractivity contribution in [2.24, 2.45) is 5.92 Å². The number of benzene rings is 1. The van der Waals surface area contributed by atoms with Crippen LogP contribution in [-0.2, 0) is 13.1 Å². The Bertz CT molecular complexity index is 708. The standard InChI is InChI=1S/C16H18IN3O2/c1-11(2)10-20-15(21)8-7-14(19-20)16(22)18-9-12-3-5-13(17)6-4-12/h3-8,11H,9-10H2,1-2H3,(H,18,22). The zero-order valence-corrected chi connectivity index (χ0v) is 14.7. The first-order chi connectivity index (χ1) is 10.5. The van der Waals surface area contributed by atoms with E-state index in [1.807, 2.05) is 38.1 Å². The average molecular weight is 411 g/mol. The maximum atomic E-state index is 12.1. The minimum atomic E-state index is -0.281. The Labute approximate surface area is 142 Å². The molecule has 0 spiro atoms. The van der Waals surface area contributed by atoms with Gasteiger partial charge in [-0.05, 0) is 52.3 Å². The summed E-state index contributed by atoms with van der Waals surface area (Å²) in [5.74, 6) is 0.00589. The Hall–Kier alpha value is -1.70. The van der Waals surface area contributed by atoms with Crippen molar-refractivity contribution in [1.82, 2.24) is 15.1 Å². The van der Waals surface area contributed by atoms with E-state index in [1.165, 1.54) is 16.8 Å². The molecule has 116 valence electrons. The number of amides is 1. The number of nitrogens with zero attached hydrogens (tertiary/aromatic N) is 2. The zero-order valence-electron chi connectivity index (χ0n) is 12.5. The Balaban J connectivity index is 2.06. The molecule has 0 aliphatic heterocycles. The Kier molecular flexibility index (Phi) is 5.70. The van der Waals surface area contributed by atoms with Gasteiger partial charge in [0.05, 0.1) is 0 Å². The van der Waals surface area contributed by atoms with Crippen LogP contribution >= 0.6 is 22.6 Å². The van der Waals surface area contributed by atoms with Gasteiger partial charge in [-0.2, -0.15) is 5.10 Å². The van der Waals surface area contributed by atoms with E-state index in [9.17, 15) is 9.59 Å². The van der Waals surface area contributed by atoms with Gasteiger partial charge in [-0.25, -0.2) is 4.68 Å². The summed E-state index contributed by atoms with van der Waals surface area (Å²) in [6, 6.07) is 10.8. The van der Waals surface area contributed by atoms with Gasteiger partial charge in [0.25, 0.3) is 11.5 Å². The van der Waals surface area contributed by atoms with E-state index < -0.39 is 0 Å². The van der Waals surface area contributed by atoms with Gasteiger partial charge < -0.3 is 5.32 Å². The first kappa shape index (κ1) is 16.7. The van der Waals surface area contributed by atoms with E-state index in [1.54, 1.807) is 0 Å². The molecule has 0 saturated carbocycles. The minimum Gasteiger partial charge on any atom is -0.347 e. The third-order valence-corrected chi connectivity index (χ3v) is 3.72. The molecular weight excluding hydrogens is 393 g/mol. The summed E-state index contributed by atoms with van der Waals surface area (Å²) >= 11 is 2.23. The monoisotopic (exact) mass is 411 g/mol. The second-order valence-electron chi connectivity index (χ2n) is 5.44. The van der Waals surface area contributed by atoms with Gasteiger partial charge in [-0.1, -0.05) is 26.0 Å². The van der Waals surface area contributed by atoms with Gasteiger partial charge in [0, 0.05) is 22.7 Å². The van der Waals surface area contributed by atoms with Crippen molar-refractivity contribution in [3.05, 3.63) is 61.6 Å². The van der Waals surface area contributed by atoms with Gasteiger partial charge in [-0.3, -0.25) is 9.59 Å². The third kappa shape index (κ3) is 4.66. The fraction of sp³-hybridized carbons (Fsp3) is 0.312. The molecule has 0 atom stereocenters. The summed E-state index contributed by atoms with van der Waals surface area (Å²) in [6.45, 7) is 4.92. The summed E-state index contributed by atoms with van der Waals surface area (Å²) < 4.78 is 2.49. The highest BCUT2D eigenvalue weighted by molar-refractivity contribution is 14.1. The van der Waals surface area contributed by atoms with Gasteiger partial charge in [0.2, 0.25) is 0 Å². The van der Waals surface area contributed by atoms with E-state index in [4.69, 9.17) is 0 Å². The topological polar surface area (TPSA) is 64.0 Å². The average Bonchev–Trinajstić information content (AvgIpc) is 2.48. The summed E-state index contributed by atoms with van der Waals surface area (Å²) in [6.07, 6.45) is 0. The van der Waals surface area contributed by atoms with E-state index >= 15 is 0 Å². The summed E-state index contributed by atoms with van der Waals surface area (Å²) in [5, 5.41) is 6.95. The second-order valence-corrected chi connectivity index (χ2v) is 6.69.